The molecule has 0 aliphatic rings. The Kier molecular flexibility index (Phi) is 3.50. The molecular weight excluding hydrogens is 232 g/mol. The van der Waals surface area contributed by atoms with Gasteiger partial charge in [-0.05, 0) is 24.5 Å². The van der Waals surface area contributed by atoms with Gasteiger partial charge in [-0.1, -0.05) is 19.0 Å². The van der Waals surface area contributed by atoms with Gasteiger partial charge in [-0.2, -0.15) is 4.98 Å². The Morgan fingerprint density at radius 1 is 1.17 bits per heavy atom. The van der Waals surface area contributed by atoms with Crippen molar-refractivity contribution in [3.63, 3.8) is 0 Å². The highest BCUT2D eigenvalue weighted by molar-refractivity contribution is 5.58. The number of phenolic OH excluding ortho intramolecular Hbond substituents is 2. The second-order valence-corrected chi connectivity index (χ2v) is 4.69. The quantitative estimate of drug-likeness (QED) is 0.869. The van der Waals surface area contributed by atoms with Crippen LogP contribution >= 0.6 is 0 Å². The van der Waals surface area contributed by atoms with Crippen LogP contribution in [0.1, 0.15) is 26.1 Å². The normalized spacial score (nSPS) is 11.1. The fourth-order valence-electron chi connectivity index (χ4n) is 1.61. The van der Waals surface area contributed by atoms with Gasteiger partial charge >= 0.3 is 0 Å². The van der Waals surface area contributed by atoms with Crippen molar-refractivity contribution in [2.45, 2.75) is 26.7 Å². The maximum Gasteiger partial charge on any atom is 0.258 e. The average Bonchev–Trinajstić information content (AvgIpc) is 2.73. The second-order valence-electron chi connectivity index (χ2n) is 4.69. The van der Waals surface area contributed by atoms with Crippen LogP contribution in [0.4, 0.5) is 0 Å². The Morgan fingerprint density at radius 3 is 2.44 bits per heavy atom. The molecule has 0 atom stereocenters. The Balaban J connectivity index is 2.18. The fraction of sp³-hybridized carbons (Fsp3) is 0.385. The molecule has 96 valence electrons. The molecule has 2 aromatic rings. The smallest absolute Gasteiger partial charge is 0.258 e. The molecule has 0 radical (unpaired) electrons. The maximum atomic E-state index is 9.39. The van der Waals surface area contributed by atoms with Crippen molar-refractivity contribution in [1.29, 1.82) is 0 Å². The Bertz CT molecular complexity index is 515. The van der Waals surface area contributed by atoms with Crippen LogP contribution in [0.5, 0.6) is 11.5 Å². The van der Waals surface area contributed by atoms with Crippen molar-refractivity contribution in [2.24, 2.45) is 5.92 Å². The standard InChI is InChI=1S/C13H16N2O3/c1-8(2)3-4-12-14-13(18-15-12)9-5-10(16)7-11(17)6-9/h5-8,16-17H,3-4H2,1-2H3. The number of rotatable bonds is 4. The summed E-state index contributed by atoms with van der Waals surface area (Å²) in [6.07, 6.45) is 1.75. The SMILES string of the molecule is CC(C)CCc1noc(-c2cc(O)cc(O)c2)n1. The summed E-state index contributed by atoms with van der Waals surface area (Å²) in [5, 5.41) is 22.7. The van der Waals surface area contributed by atoms with Crippen LogP contribution in [0.25, 0.3) is 11.5 Å². The summed E-state index contributed by atoms with van der Waals surface area (Å²) >= 11 is 0. The van der Waals surface area contributed by atoms with Crippen molar-refractivity contribution in [3.05, 3.63) is 24.0 Å². The zero-order valence-corrected chi connectivity index (χ0v) is 10.4. The molecule has 0 unspecified atom stereocenters. The predicted octanol–water partition coefficient (Wildman–Crippen LogP) is 2.74. The molecule has 0 bridgehead atoms. The number of benzene rings is 1. The Hall–Kier alpha value is -2.04. The minimum Gasteiger partial charge on any atom is -0.508 e. The number of hydrogen-bond donors (Lipinski definition) is 2. The van der Waals surface area contributed by atoms with Crippen LogP contribution < -0.4 is 0 Å². The summed E-state index contributed by atoms with van der Waals surface area (Å²) in [7, 11) is 0. The monoisotopic (exact) mass is 248 g/mol. The van der Waals surface area contributed by atoms with Gasteiger partial charge in [0, 0.05) is 18.1 Å². The first-order valence-corrected chi connectivity index (χ1v) is 5.90. The van der Waals surface area contributed by atoms with Gasteiger partial charge in [0.2, 0.25) is 0 Å². The lowest BCUT2D eigenvalue weighted by Crippen LogP contribution is -1.93. The molecule has 0 amide bonds. The van der Waals surface area contributed by atoms with E-state index in [0.29, 0.717) is 23.2 Å². The van der Waals surface area contributed by atoms with Gasteiger partial charge in [0.15, 0.2) is 5.82 Å². The second kappa shape index (κ2) is 5.08. The summed E-state index contributed by atoms with van der Waals surface area (Å²) < 4.78 is 5.11. The summed E-state index contributed by atoms with van der Waals surface area (Å²) in [6, 6.07) is 4.19. The minimum absolute atomic E-state index is 0.0352. The van der Waals surface area contributed by atoms with E-state index in [-0.39, 0.29) is 11.5 Å². The van der Waals surface area contributed by atoms with Crippen LogP contribution in [0.15, 0.2) is 22.7 Å². The molecule has 0 fully saturated rings. The van der Waals surface area contributed by atoms with Crippen LogP contribution in [-0.4, -0.2) is 20.4 Å². The minimum atomic E-state index is -0.0352. The fourth-order valence-corrected chi connectivity index (χ4v) is 1.61. The number of aryl methyl sites for hydroxylation is 1. The molecule has 5 nitrogen and oxygen atoms in total. The molecule has 18 heavy (non-hydrogen) atoms. The molecule has 1 aromatic carbocycles. The van der Waals surface area contributed by atoms with Crippen LogP contribution in [0.3, 0.4) is 0 Å². The predicted molar refractivity (Wildman–Crippen MR) is 66.2 cm³/mol. The molecule has 0 aliphatic carbocycles. The van der Waals surface area contributed by atoms with Crippen molar-refractivity contribution in [3.8, 4) is 23.0 Å². The first kappa shape index (κ1) is 12.4. The van der Waals surface area contributed by atoms with Crippen LogP contribution in [0, 0.1) is 5.92 Å². The molecule has 0 saturated heterocycles. The number of aromatic nitrogens is 2. The van der Waals surface area contributed by atoms with Crippen molar-refractivity contribution in [1.82, 2.24) is 10.1 Å². The van der Waals surface area contributed by atoms with Crippen LogP contribution in [0.2, 0.25) is 0 Å². The zero-order valence-electron chi connectivity index (χ0n) is 10.4. The number of hydrogen-bond acceptors (Lipinski definition) is 5. The number of phenols is 2. The lowest BCUT2D eigenvalue weighted by Gasteiger charge is -1.99. The molecule has 0 aliphatic heterocycles. The Labute approximate surface area is 105 Å². The molecule has 0 spiro atoms. The number of nitrogens with zero attached hydrogens (tertiary/aromatic N) is 2. The maximum absolute atomic E-state index is 9.39. The van der Waals surface area contributed by atoms with E-state index in [9.17, 15) is 10.2 Å². The van der Waals surface area contributed by atoms with E-state index in [1.807, 2.05) is 0 Å². The zero-order chi connectivity index (χ0) is 13.1. The summed E-state index contributed by atoms with van der Waals surface area (Å²) in [4.78, 5) is 4.23. The van der Waals surface area contributed by atoms with Crippen LogP contribution in [-0.2, 0) is 6.42 Å². The Morgan fingerprint density at radius 2 is 1.83 bits per heavy atom. The molecule has 1 heterocycles. The van der Waals surface area contributed by atoms with E-state index in [1.165, 1.54) is 18.2 Å². The van der Waals surface area contributed by atoms with Gasteiger partial charge < -0.3 is 14.7 Å². The third-order valence-corrected chi connectivity index (χ3v) is 2.56. The topological polar surface area (TPSA) is 79.4 Å². The summed E-state index contributed by atoms with van der Waals surface area (Å²) in [6.45, 7) is 4.27. The molecule has 5 heteroatoms. The highest BCUT2D eigenvalue weighted by atomic mass is 16.5. The first-order chi connectivity index (χ1) is 8.54. The van der Waals surface area contributed by atoms with E-state index >= 15 is 0 Å². The molecule has 0 saturated carbocycles. The van der Waals surface area contributed by atoms with Gasteiger partial charge in [-0.3, -0.25) is 0 Å². The average molecular weight is 248 g/mol. The lowest BCUT2D eigenvalue weighted by atomic mass is 10.1. The largest absolute Gasteiger partial charge is 0.508 e. The molecule has 2 N–H and O–H groups in total. The van der Waals surface area contributed by atoms with E-state index in [2.05, 4.69) is 24.0 Å². The van der Waals surface area contributed by atoms with Crippen molar-refractivity contribution >= 4 is 0 Å². The van der Waals surface area contributed by atoms with Gasteiger partial charge in [0.05, 0.1) is 0 Å². The highest BCUT2D eigenvalue weighted by Crippen LogP contribution is 2.27. The van der Waals surface area contributed by atoms with E-state index in [4.69, 9.17) is 4.52 Å². The van der Waals surface area contributed by atoms with E-state index in [0.717, 1.165) is 12.8 Å². The lowest BCUT2D eigenvalue weighted by molar-refractivity contribution is 0.417. The van der Waals surface area contributed by atoms with Gasteiger partial charge in [0.25, 0.3) is 5.89 Å². The highest BCUT2D eigenvalue weighted by Gasteiger charge is 2.11. The number of aromatic hydroxyl groups is 2. The summed E-state index contributed by atoms with van der Waals surface area (Å²) in [5.41, 5.74) is 0.510. The van der Waals surface area contributed by atoms with Gasteiger partial charge in [-0.25, -0.2) is 0 Å². The molecular formula is C13H16N2O3. The molecule has 1 aromatic heterocycles. The van der Waals surface area contributed by atoms with Crippen molar-refractivity contribution < 1.29 is 14.7 Å². The van der Waals surface area contributed by atoms with Gasteiger partial charge in [0.1, 0.15) is 11.5 Å². The van der Waals surface area contributed by atoms with E-state index < -0.39 is 0 Å². The third-order valence-electron chi connectivity index (χ3n) is 2.56. The van der Waals surface area contributed by atoms with Crippen molar-refractivity contribution in [2.75, 3.05) is 0 Å². The third kappa shape index (κ3) is 3.00. The van der Waals surface area contributed by atoms with E-state index in [1.54, 1.807) is 0 Å². The first-order valence-electron chi connectivity index (χ1n) is 5.90. The molecule has 2 rings (SSSR count). The summed E-state index contributed by atoms with van der Waals surface area (Å²) in [5.74, 6) is 1.46. The van der Waals surface area contributed by atoms with Gasteiger partial charge in [-0.15, -0.1) is 0 Å².